The highest BCUT2D eigenvalue weighted by molar-refractivity contribution is 6.31. The molecule has 0 saturated heterocycles. The predicted octanol–water partition coefficient (Wildman–Crippen LogP) is 6.50. The summed E-state index contributed by atoms with van der Waals surface area (Å²) in [5.41, 5.74) is 3.40. The van der Waals surface area contributed by atoms with Crippen LogP contribution in [0.2, 0.25) is 5.02 Å². The number of hydrogen-bond acceptors (Lipinski definition) is 6. The second-order valence-electron chi connectivity index (χ2n) is 8.85. The average molecular weight is 518 g/mol. The fraction of sp³-hybridized carbons (Fsp3) is 0.172. The molecular formula is C29H24ClNO6. The van der Waals surface area contributed by atoms with Crippen molar-refractivity contribution in [3.05, 3.63) is 99.5 Å². The van der Waals surface area contributed by atoms with Crippen molar-refractivity contribution in [3.8, 4) is 11.5 Å². The zero-order valence-electron chi connectivity index (χ0n) is 20.7. The van der Waals surface area contributed by atoms with Gasteiger partial charge in [-0.05, 0) is 66.9 Å². The standard InChI is InChI=1S/C29H24ClNO6/c1-15-8-9-20(10-16(15)2)31-25(17-6-5-7-21(12-17)35-3)24(27(33)29(31)34)26(32)22-13-18-11-19(30)14-23(36-4)28(18)37-22/h5-14,25,33H,1-4H3. The molecule has 0 saturated carbocycles. The molecule has 0 radical (unpaired) electrons. The van der Waals surface area contributed by atoms with Gasteiger partial charge in [0.25, 0.3) is 5.91 Å². The van der Waals surface area contributed by atoms with Crippen LogP contribution in [0.4, 0.5) is 5.69 Å². The Labute approximate surface area is 218 Å². The number of ketones is 1. The fourth-order valence-electron chi connectivity index (χ4n) is 4.59. The monoisotopic (exact) mass is 517 g/mol. The normalized spacial score (nSPS) is 15.5. The number of carbonyl (C=O) groups excluding carboxylic acids is 2. The lowest BCUT2D eigenvalue weighted by atomic mass is 9.94. The van der Waals surface area contributed by atoms with E-state index in [9.17, 15) is 14.7 Å². The lowest BCUT2D eigenvalue weighted by Gasteiger charge is -2.27. The molecule has 0 fully saturated rings. The third kappa shape index (κ3) is 4.11. The zero-order chi connectivity index (χ0) is 26.4. The first-order valence-electron chi connectivity index (χ1n) is 11.5. The number of amides is 1. The molecule has 8 heteroatoms. The van der Waals surface area contributed by atoms with Crippen LogP contribution in [0.15, 0.2) is 76.4 Å². The van der Waals surface area contributed by atoms with Gasteiger partial charge in [-0.1, -0.05) is 29.8 Å². The van der Waals surface area contributed by atoms with Gasteiger partial charge in [0, 0.05) is 22.2 Å². The van der Waals surface area contributed by atoms with Gasteiger partial charge < -0.3 is 19.0 Å². The van der Waals surface area contributed by atoms with Crippen LogP contribution in [0.5, 0.6) is 11.5 Å². The molecule has 37 heavy (non-hydrogen) atoms. The molecule has 1 atom stereocenters. The number of anilines is 1. The van der Waals surface area contributed by atoms with Crippen molar-refractivity contribution >= 4 is 39.9 Å². The maximum absolute atomic E-state index is 13.9. The van der Waals surface area contributed by atoms with Crippen molar-refractivity contribution in [2.45, 2.75) is 19.9 Å². The number of methoxy groups -OCH3 is 2. The van der Waals surface area contributed by atoms with Crippen LogP contribution in [-0.4, -0.2) is 31.0 Å². The van der Waals surface area contributed by atoms with Crippen LogP contribution in [0.1, 0.15) is 33.3 Å². The number of carbonyl (C=O) groups is 2. The molecule has 3 aromatic carbocycles. The highest BCUT2D eigenvalue weighted by Crippen LogP contribution is 2.44. The fourth-order valence-corrected chi connectivity index (χ4v) is 4.80. The number of nitrogens with zero attached hydrogens (tertiary/aromatic N) is 1. The smallest absolute Gasteiger partial charge is 0.294 e. The first-order chi connectivity index (χ1) is 17.7. The van der Waals surface area contributed by atoms with Gasteiger partial charge in [-0.3, -0.25) is 14.5 Å². The Balaban J connectivity index is 1.68. The highest BCUT2D eigenvalue weighted by atomic mass is 35.5. The van der Waals surface area contributed by atoms with Crippen molar-refractivity contribution in [2.24, 2.45) is 0 Å². The van der Waals surface area contributed by atoms with Crippen LogP contribution in [0.3, 0.4) is 0 Å². The minimum absolute atomic E-state index is 0.0558. The molecule has 0 spiro atoms. The molecule has 2 heterocycles. The summed E-state index contributed by atoms with van der Waals surface area (Å²) in [6, 6.07) is 16.4. The van der Waals surface area contributed by atoms with E-state index in [1.807, 2.05) is 26.0 Å². The Kier molecular flexibility index (Phi) is 6.17. The topological polar surface area (TPSA) is 89.2 Å². The summed E-state index contributed by atoms with van der Waals surface area (Å²) in [6.45, 7) is 3.91. The number of aryl methyl sites for hydroxylation is 2. The number of rotatable bonds is 6. The maximum Gasteiger partial charge on any atom is 0.294 e. The second kappa shape index (κ2) is 9.33. The molecule has 5 rings (SSSR count). The largest absolute Gasteiger partial charge is 0.503 e. The van der Waals surface area contributed by atoms with Crippen molar-refractivity contribution in [1.29, 1.82) is 0 Å². The number of furan rings is 1. The quantitative estimate of drug-likeness (QED) is 0.293. The zero-order valence-corrected chi connectivity index (χ0v) is 21.4. The van der Waals surface area contributed by atoms with Crippen molar-refractivity contribution < 1.29 is 28.6 Å². The highest BCUT2D eigenvalue weighted by Gasteiger charge is 2.45. The molecule has 188 valence electrons. The summed E-state index contributed by atoms with van der Waals surface area (Å²) in [6.07, 6.45) is 0. The van der Waals surface area contributed by atoms with E-state index in [4.69, 9.17) is 25.5 Å². The summed E-state index contributed by atoms with van der Waals surface area (Å²) in [5, 5.41) is 12.0. The van der Waals surface area contributed by atoms with E-state index in [0.29, 0.717) is 38.7 Å². The van der Waals surface area contributed by atoms with Crippen molar-refractivity contribution in [3.63, 3.8) is 0 Å². The number of aliphatic hydroxyl groups excluding tert-OH is 1. The van der Waals surface area contributed by atoms with Gasteiger partial charge in [0.05, 0.1) is 25.8 Å². The molecule has 1 unspecified atom stereocenters. The van der Waals surface area contributed by atoms with E-state index in [1.165, 1.54) is 25.2 Å². The molecule has 1 N–H and O–H groups in total. The Bertz CT molecular complexity index is 1600. The number of Topliss-reactive ketones (excluding diaryl/α,β-unsaturated/α-hetero) is 1. The Hall–Kier alpha value is -4.23. The molecule has 1 aliphatic heterocycles. The summed E-state index contributed by atoms with van der Waals surface area (Å²) < 4.78 is 16.6. The minimum Gasteiger partial charge on any atom is -0.503 e. The predicted molar refractivity (Wildman–Crippen MR) is 141 cm³/mol. The first-order valence-corrected chi connectivity index (χ1v) is 11.9. The van der Waals surface area contributed by atoms with Crippen LogP contribution >= 0.6 is 11.6 Å². The molecule has 0 bridgehead atoms. The van der Waals surface area contributed by atoms with Gasteiger partial charge in [0.2, 0.25) is 5.78 Å². The van der Waals surface area contributed by atoms with Crippen LogP contribution in [0, 0.1) is 13.8 Å². The summed E-state index contributed by atoms with van der Waals surface area (Å²) in [5.74, 6) is -1.09. The Morgan fingerprint density at radius 2 is 1.78 bits per heavy atom. The third-order valence-corrected chi connectivity index (χ3v) is 6.84. The summed E-state index contributed by atoms with van der Waals surface area (Å²) >= 11 is 6.18. The van der Waals surface area contributed by atoms with Crippen molar-refractivity contribution in [1.82, 2.24) is 0 Å². The summed E-state index contributed by atoms with van der Waals surface area (Å²) in [7, 11) is 3.01. The van der Waals surface area contributed by atoms with Crippen LogP contribution in [-0.2, 0) is 4.79 Å². The molecule has 0 aliphatic carbocycles. The molecule has 1 aliphatic rings. The number of halogens is 1. The minimum atomic E-state index is -0.920. The van der Waals surface area contributed by atoms with Gasteiger partial charge in [0.1, 0.15) is 5.75 Å². The molecule has 1 amide bonds. The van der Waals surface area contributed by atoms with Gasteiger partial charge >= 0.3 is 0 Å². The van der Waals surface area contributed by atoms with E-state index < -0.39 is 23.5 Å². The lowest BCUT2D eigenvalue weighted by Crippen LogP contribution is -2.31. The number of benzene rings is 3. The van der Waals surface area contributed by atoms with E-state index >= 15 is 0 Å². The van der Waals surface area contributed by atoms with Crippen LogP contribution in [0.25, 0.3) is 11.0 Å². The van der Waals surface area contributed by atoms with Gasteiger partial charge in [-0.25, -0.2) is 0 Å². The molecule has 7 nitrogen and oxygen atoms in total. The summed E-state index contributed by atoms with van der Waals surface area (Å²) in [4.78, 5) is 28.8. The Morgan fingerprint density at radius 3 is 2.49 bits per heavy atom. The first kappa shape index (κ1) is 24.5. The maximum atomic E-state index is 13.9. The number of fused-ring (bicyclic) bond motifs is 1. The van der Waals surface area contributed by atoms with Gasteiger partial charge in [-0.2, -0.15) is 0 Å². The number of hydrogen-bond donors (Lipinski definition) is 1. The van der Waals surface area contributed by atoms with E-state index in [1.54, 1.807) is 42.5 Å². The van der Waals surface area contributed by atoms with Gasteiger partial charge in [-0.15, -0.1) is 0 Å². The van der Waals surface area contributed by atoms with E-state index in [2.05, 4.69) is 0 Å². The van der Waals surface area contributed by atoms with Crippen LogP contribution < -0.4 is 14.4 Å². The molecular weight excluding hydrogens is 494 g/mol. The van der Waals surface area contributed by atoms with E-state index in [-0.39, 0.29) is 11.3 Å². The third-order valence-electron chi connectivity index (χ3n) is 6.62. The lowest BCUT2D eigenvalue weighted by molar-refractivity contribution is -0.117. The number of aliphatic hydroxyl groups is 1. The molecule has 4 aromatic rings. The SMILES string of the molecule is COc1cccc(C2C(C(=O)c3cc4cc(Cl)cc(OC)c4o3)=C(O)C(=O)N2c2ccc(C)c(C)c2)c1. The molecule has 1 aromatic heterocycles. The second-order valence-corrected chi connectivity index (χ2v) is 9.29. The van der Waals surface area contributed by atoms with Crippen molar-refractivity contribution in [2.75, 3.05) is 19.1 Å². The number of ether oxygens (including phenoxy) is 2. The average Bonchev–Trinajstić information content (AvgIpc) is 3.43. The van der Waals surface area contributed by atoms with E-state index in [0.717, 1.165) is 11.1 Å². The van der Waals surface area contributed by atoms with Gasteiger partial charge in [0.15, 0.2) is 22.9 Å². The Morgan fingerprint density at radius 1 is 1.00 bits per heavy atom.